The fourth-order valence-electron chi connectivity index (χ4n) is 1.42. The van der Waals surface area contributed by atoms with Crippen LogP contribution in [0, 0.1) is 0 Å². The zero-order chi connectivity index (χ0) is 12.6. The molecule has 18 heavy (non-hydrogen) atoms. The van der Waals surface area contributed by atoms with E-state index < -0.39 is 0 Å². The van der Waals surface area contributed by atoms with Gasteiger partial charge in [-0.05, 0) is 18.6 Å². The van der Waals surface area contributed by atoms with Gasteiger partial charge in [0.15, 0.2) is 0 Å². The van der Waals surface area contributed by atoms with E-state index in [0.29, 0.717) is 0 Å². The predicted octanol–water partition coefficient (Wildman–Crippen LogP) is 2.99. The fraction of sp³-hybridized carbons (Fsp3) is 0.308. The molecule has 1 N–H and O–H groups in total. The van der Waals surface area contributed by atoms with Crippen molar-refractivity contribution in [3.05, 3.63) is 42.5 Å². The van der Waals surface area contributed by atoms with Crippen molar-refractivity contribution in [2.45, 2.75) is 24.1 Å². The van der Waals surface area contributed by atoms with Crippen molar-refractivity contribution < 1.29 is 0 Å². The molecular weight excluding hydrogens is 244 g/mol. The second kappa shape index (κ2) is 6.96. The summed E-state index contributed by atoms with van der Waals surface area (Å²) in [6.45, 7) is 3.09. The number of thioether (sulfide) groups is 1. The number of nitrogens with zero attached hydrogens (tertiary/aromatic N) is 3. The first-order valence-electron chi connectivity index (χ1n) is 5.97. The lowest BCUT2D eigenvalue weighted by atomic mass is 10.3. The van der Waals surface area contributed by atoms with E-state index in [0.717, 1.165) is 35.3 Å². The molecule has 0 atom stereocenters. The average Bonchev–Trinajstić information content (AvgIpc) is 2.44. The molecule has 0 saturated carbocycles. The number of pyridine rings is 1. The van der Waals surface area contributed by atoms with Crippen LogP contribution >= 0.6 is 11.8 Å². The summed E-state index contributed by atoms with van der Waals surface area (Å²) in [5.41, 5.74) is 1.05. The van der Waals surface area contributed by atoms with Crippen LogP contribution in [0.4, 0.5) is 5.82 Å². The first kappa shape index (κ1) is 12.8. The van der Waals surface area contributed by atoms with Gasteiger partial charge >= 0.3 is 0 Å². The Balaban J connectivity index is 1.93. The molecule has 2 rings (SSSR count). The summed E-state index contributed by atoms with van der Waals surface area (Å²) in [6, 6.07) is 6.05. The van der Waals surface area contributed by atoms with Crippen LogP contribution in [0.5, 0.6) is 0 Å². The largest absolute Gasteiger partial charge is 0.370 e. The third kappa shape index (κ3) is 4.00. The molecule has 0 spiro atoms. The Morgan fingerprint density at radius 1 is 1.28 bits per heavy atom. The van der Waals surface area contributed by atoms with Gasteiger partial charge in [-0.1, -0.05) is 24.8 Å². The standard InChI is InChI=1S/C13H16N4S/c1-2-6-15-12-5-3-4-11(17-12)10-18-13-9-14-7-8-16-13/h3-5,7-9H,2,6,10H2,1H3,(H,15,17). The second-order valence-corrected chi connectivity index (χ2v) is 4.77. The van der Waals surface area contributed by atoms with Gasteiger partial charge in [0.1, 0.15) is 10.8 Å². The number of hydrogen-bond acceptors (Lipinski definition) is 5. The first-order valence-corrected chi connectivity index (χ1v) is 6.95. The van der Waals surface area contributed by atoms with E-state index in [4.69, 9.17) is 0 Å². The summed E-state index contributed by atoms with van der Waals surface area (Å²) in [5, 5.41) is 4.21. The Hall–Kier alpha value is -1.62. The fourth-order valence-corrected chi connectivity index (χ4v) is 2.15. The van der Waals surface area contributed by atoms with Crippen molar-refractivity contribution in [3.63, 3.8) is 0 Å². The molecule has 0 aliphatic heterocycles. The van der Waals surface area contributed by atoms with Gasteiger partial charge in [0, 0.05) is 24.7 Å². The SMILES string of the molecule is CCCNc1cccc(CSc2cnccn2)n1. The van der Waals surface area contributed by atoms with Crippen LogP contribution in [0.3, 0.4) is 0 Å². The predicted molar refractivity (Wildman–Crippen MR) is 74.6 cm³/mol. The second-order valence-electron chi connectivity index (χ2n) is 3.77. The van der Waals surface area contributed by atoms with Gasteiger partial charge in [-0.3, -0.25) is 4.98 Å². The van der Waals surface area contributed by atoms with Crippen molar-refractivity contribution in [3.8, 4) is 0 Å². The molecule has 5 heteroatoms. The Morgan fingerprint density at radius 3 is 3.00 bits per heavy atom. The van der Waals surface area contributed by atoms with Crippen LogP contribution in [0.15, 0.2) is 41.8 Å². The minimum atomic E-state index is 0.806. The van der Waals surface area contributed by atoms with Gasteiger partial charge in [0.2, 0.25) is 0 Å². The van der Waals surface area contributed by atoms with E-state index in [2.05, 4.69) is 27.2 Å². The topological polar surface area (TPSA) is 50.7 Å². The van der Waals surface area contributed by atoms with Gasteiger partial charge in [-0.25, -0.2) is 9.97 Å². The molecule has 0 aliphatic rings. The van der Waals surface area contributed by atoms with Crippen LogP contribution in [-0.2, 0) is 5.75 Å². The zero-order valence-corrected chi connectivity index (χ0v) is 11.2. The van der Waals surface area contributed by atoms with E-state index in [1.165, 1.54) is 0 Å². The normalized spacial score (nSPS) is 10.3. The molecule has 2 aromatic heterocycles. The molecule has 0 bridgehead atoms. The first-order chi connectivity index (χ1) is 8.88. The van der Waals surface area contributed by atoms with Crippen molar-refractivity contribution in [1.82, 2.24) is 15.0 Å². The lowest BCUT2D eigenvalue weighted by Crippen LogP contribution is -2.02. The smallest absolute Gasteiger partial charge is 0.126 e. The quantitative estimate of drug-likeness (QED) is 0.809. The molecule has 0 radical (unpaired) electrons. The summed E-state index contributed by atoms with van der Waals surface area (Å²) < 4.78 is 0. The minimum absolute atomic E-state index is 0.806. The number of nitrogens with one attached hydrogen (secondary N) is 1. The van der Waals surface area contributed by atoms with Gasteiger partial charge < -0.3 is 5.32 Å². The summed E-state index contributed by atoms with van der Waals surface area (Å²) in [7, 11) is 0. The summed E-state index contributed by atoms with van der Waals surface area (Å²) in [6.07, 6.45) is 6.25. The number of aromatic nitrogens is 3. The highest BCUT2D eigenvalue weighted by atomic mass is 32.2. The molecule has 2 heterocycles. The van der Waals surface area contributed by atoms with Gasteiger partial charge in [-0.2, -0.15) is 0 Å². The maximum atomic E-state index is 4.55. The molecule has 0 aliphatic carbocycles. The molecule has 0 unspecified atom stereocenters. The summed E-state index contributed by atoms with van der Waals surface area (Å²) >= 11 is 1.64. The lowest BCUT2D eigenvalue weighted by Gasteiger charge is -2.05. The third-order valence-electron chi connectivity index (χ3n) is 2.27. The summed E-state index contributed by atoms with van der Waals surface area (Å²) in [4.78, 5) is 12.8. The van der Waals surface area contributed by atoms with E-state index in [9.17, 15) is 0 Å². The molecule has 2 aromatic rings. The van der Waals surface area contributed by atoms with E-state index >= 15 is 0 Å². The molecule has 4 nitrogen and oxygen atoms in total. The average molecular weight is 260 g/mol. The van der Waals surface area contributed by atoms with Crippen LogP contribution in [0.1, 0.15) is 19.0 Å². The Kier molecular flexibility index (Phi) is 4.96. The number of rotatable bonds is 6. The van der Waals surface area contributed by atoms with Crippen LogP contribution < -0.4 is 5.32 Å². The molecule has 0 amide bonds. The van der Waals surface area contributed by atoms with Crippen molar-refractivity contribution in [2.75, 3.05) is 11.9 Å². The molecular formula is C13H16N4S. The highest BCUT2D eigenvalue weighted by molar-refractivity contribution is 7.98. The Labute approximate surface area is 111 Å². The Bertz CT molecular complexity index is 475. The molecule has 94 valence electrons. The van der Waals surface area contributed by atoms with E-state index in [1.807, 2.05) is 18.2 Å². The summed E-state index contributed by atoms with van der Waals surface area (Å²) in [5.74, 6) is 1.74. The van der Waals surface area contributed by atoms with Crippen LogP contribution in [0.25, 0.3) is 0 Å². The van der Waals surface area contributed by atoms with Crippen molar-refractivity contribution in [1.29, 1.82) is 0 Å². The van der Waals surface area contributed by atoms with Gasteiger partial charge in [0.05, 0.1) is 11.9 Å². The highest BCUT2D eigenvalue weighted by Crippen LogP contribution is 2.19. The third-order valence-corrected chi connectivity index (χ3v) is 3.22. The van der Waals surface area contributed by atoms with Crippen LogP contribution in [-0.4, -0.2) is 21.5 Å². The lowest BCUT2D eigenvalue weighted by molar-refractivity contribution is 0.964. The molecule has 0 saturated heterocycles. The molecule has 0 aromatic carbocycles. The Morgan fingerprint density at radius 2 is 2.22 bits per heavy atom. The number of hydrogen-bond donors (Lipinski definition) is 1. The maximum absolute atomic E-state index is 4.55. The zero-order valence-electron chi connectivity index (χ0n) is 10.3. The molecule has 0 fully saturated rings. The van der Waals surface area contributed by atoms with Crippen molar-refractivity contribution >= 4 is 17.6 Å². The van der Waals surface area contributed by atoms with Gasteiger partial charge in [-0.15, -0.1) is 0 Å². The van der Waals surface area contributed by atoms with E-state index in [-0.39, 0.29) is 0 Å². The monoisotopic (exact) mass is 260 g/mol. The van der Waals surface area contributed by atoms with Crippen molar-refractivity contribution in [2.24, 2.45) is 0 Å². The van der Waals surface area contributed by atoms with Crippen LogP contribution in [0.2, 0.25) is 0 Å². The van der Waals surface area contributed by atoms with Gasteiger partial charge in [0.25, 0.3) is 0 Å². The highest BCUT2D eigenvalue weighted by Gasteiger charge is 2.00. The number of anilines is 1. The minimum Gasteiger partial charge on any atom is -0.370 e. The van der Waals surface area contributed by atoms with E-state index in [1.54, 1.807) is 30.4 Å². The maximum Gasteiger partial charge on any atom is 0.126 e.